The van der Waals surface area contributed by atoms with Crippen LogP contribution in [0.5, 0.6) is 0 Å². The average Bonchev–Trinajstić information content (AvgIpc) is 0. The number of halogens is 4. The zero-order valence-electron chi connectivity index (χ0n) is 1.63. The summed E-state index contributed by atoms with van der Waals surface area (Å²) in [5.41, 5.74) is 0. The molecule has 0 aliphatic rings. The number of hydrogen-bond donors (Lipinski definition) is 0. The third-order valence-electron chi connectivity index (χ3n) is 0. The van der Waals surface area contributed by atoms with Crippen molar-refractivity contribution in [2.24, 2.45) is 0 Å². The second kappa shape index (κ2) is 24.7. The first-order valence-electron chi connectivity index (χ1n) is 0. The van der Waals surface area contributed by atoms with Gasteiger partial charge >= 0.3 is 29.6 Å². The van der Waals surface area contributed by atoms with Crippen LogP contribution in [0.1, 0.15) is 0 Å². The predicted octanol–water partition coefficient (Wildman–Crippen LogP) is 1.82. The van der Waals surface area contributed by atoms with Crippen LogP contribution in [-0.4, -0.2) is 29.6 Å². The molecule has 0 aliphatic heterocycles. The van der Waals surface area contributed by atoms with Gasteiger partial charge in [-0.05, 0) is 0 Å². The van der Waals surface area contributed by atoms with E-state index in [0.29, 0.717) is 0 Å². The molecule has 34 valence electrons. The predicted molar refractivity (Wildman–Crippen MR) is 68.8 cm³/mol. The van der Waals surface area contributed by atoms with Gasteiger partial charge in [0.15, 0.2) is 0 Å². The first kappa shape index (κ1) is 36.4. The van der Waals surface area contributed by atoms with E-state index in [1.54, 1.807) is 0 Å². The Labute approximate surface area is 122 Å². The van der Waals surface area contributed by atoms with Crippen molar-refractivity contribution < 1.29 is 0 Å². The molecule has 0 aliphatic carbocycles. The maximum absolute atomic E-state index is 0. The standard InChI is InChI=1S/4HI.Na.H/h4*1H;;. The summed E-state index contributed by atoms with van der Waals surface area (Å²) >= 11 is 0. The van der Waals surface area contributed by atoms with Gasteiger partial charge in [0.2, 0.25) is 0 Å². The van der Waals surface area contributed by atoms with E-state index in [2.05, 4.69) is 0 Å². The van der Waals surface area contributed by atoms with Crippen molar-refractivity contribution in [3.63, 3.8) is 0 Å². The van der Waals surface area contributed by atoms with Gasteiger partial charge in [-0.3, -0.25) is 0 Å². The van der Waals surface area contributed by atoms with E-state index in [1.807, 2.05) is 0 Å². The monoisotopic (exact) mass is 536 g/mol. The minimum absolute atomic E-state index is 0. The van der Waals surface area contributed by atoms with Gasteiger partial charge in [0.25, 0.3) is 0 Å². The molecule has 0 fully saturated rings. The molecule has 0 radical (unpaired) electrons. The molecule has 0 aromatic heterocycles. The molecule has 0 rings (SSSR count). The summed E-state index contributed by atoms with van der Waals surface area (Å²) < 4.78 is 0. The fourth-order valence-electron chi connectivity index (χ4n) is 0. The van der Waals surface area contributed by atoms with Crippen LogP contribution < -0.4 is 0 Å². The van der Waals surface area contributed by atoms with Crippen LogP contribution in [0, 0.1) is 0 Å². The summed E-state index contributed by atoms with van der Waals surface area (Å²) in [6.45, 7) is 0. The van der Waals surface area contributed by atoms with Gasteiger partial charge in [0, 0.05) is 0 Å². The third-order valence-corrected chi connectivity index (χ3v) is 0. The second-order valence-corrected chi connectivity index (χ2v) is 0. The molecule has 5 heteroatoms. The molecule has 0 aromatic rings. The van der Waals surface area contributed by atoms with Crippen molar-refractivity contribution >= 4 is 125 Å². The summed E-state index contributed by atoms with van der Waals surface area (Å²) in [5.74, 6) is 0. The molecule has 0 amide bonds. The molecule has 0 atom stereocenters. The Kier molecular flexibility index (Phi) is 180. The first-order valence-corrected chi connectivity index (χ1v) is 0. The minimum atomic E-state index is 0. The van der Waals surface area contributed by atoms with Gasteiger partial charge in [-0.25, -0.2) is 0 Å². The van der Waals surface area contributed by atoms with Crippen LogP contribution in [0.25, 0.3) is 0 Å². The van der Waals surface area contributed by atoms with Gasteiger partial charge in [-0.15, -0.1) is 95.9 Å². The first-order chi connectivity index (χ1) is 0. The molecule has 0 nitrogen and oxygen atoms in total. The SMILES string of the molecule is I.I.I.I.[NaH]. The molecule has 0 saturated heterocycles. The zero-order chi connectivity index (χ0) is 0. The van der Waals surface area contributed by atoms with Crippen molar-refractivity contribution in [2.75, 3.05) is 0 Å². The Morgan fingerprint density at radius 3 is 0.400 bits per heavy atom. The second-order valence-electron chi connectivity index (χ2n) is 0. The van der Waals surface area contributed by atoms with Gasteiger partial charge in [0.1, 0.15) is 0 Å². The summed E-state index contributed by atoms with van der Waals surface area (Å²) in [6, 6.07) is 0. The van der Waals surface area contributed by atoms with Gasteiger partial charge in [-0.2, -0.15) is 0 Å². The fourth-order valence-corrected chi connectivity index (χ4v) is 0. The summed E-state index contributed by atoms with van der Waals surface area (Å²) in [6.07, 6.45) is 0. The van der Waals surface area contributed by atoms with Crippen LogP contribution in [0.3, 0.4) is 0 Å². The van der Waals surface area contributed by atoms with Crippen molar-refractivity contribution in [2.45, 2.75) is 0 Å². The molecule has 0 N–H and O–H groups in total. The zero-order valence-corrected chi connectivity index (χ0v) is 11.0. The Bertz CT molecular complexity index is 3.61. The molecular formula is H5I4Na. The summed E-state index contributed by atoms with van der Waals surface area (Å²) in [7, 11) is 0. The van der Waals surface area contributed by atoms with E-state index in [-0.39, 0.29) is 125 Å². The van der Waals surface area contributed by atoms with Crippen LogP contribution >= 0.6 is 95.9 Å². The van der Waals surface area contributed by atoms with Crippen LogP contribution in [0.2, 0.25) is 0 Å². The Balaban J connectivity index is 0. The normalized spacial score (nSPS) is 0. The molecule has 0 spiro atoms. The van der Waals surface area contributed by atoms with E-state index >= 15 is 0 Å². The molecule has 0 saturated carbocycles. The summed E-state index contributed by atoms with van der Waals surface area (Å²) in [4.78, 5) is 0. The van der Waals surface area contributed by atoms with E-state index in [0.717, 1.165) is 0 Å². The van der Waals surface area contributed by atoms with Gasteiger partial charge in [-0.1, -0.05) is 0 Å². The Morgan fingerprint density at radius 2 is 0.400 bits per heavy atom. The number of rotatable bonds is 0. The molecule has 5 heavy (non-hydrogen) atoms. The molecule has 0 aromatic carbocycles. The average molecular weight is 536 g/mol. The van der Waals surface area contributed by atoms with Gasteiger partial charge in [0.05, 0.1) is 0 Å². The summed E-state index contributed by atoms with van der Waals surface area (Å²) in [5, 5.41) is 0. The van der Waals surface area contributed by atoms with E-state index < -0.39 is 0 Å². The Morgan fingerprint density at radius 1 is 0.400 bits per heavy atom. The quantitative estimate of drug-likeness (QED) is 0.328. The van der Waals surface area contributed by atoms with Crippen molar-refractivity contribution in [3.05, 3.63) is 0 Å². The van der Waals surface area contributed by atoms with E-state index in [1.165, 1.54) is 0 Å². The Hall–Kier alpha value is 3.92. The van der Waals surface area contributed by atoms with Crippen molar-refractivity contribution in [3.8, 4) is 0 Å². The maximum atomic E-state index is 0. The molecular weight excluding hydrogens is 531 g/mol. The van der Waals surface area contributed by atoms with E-state index in [9.17, 15) is 0 Å². The molecule has 0 unspecified atom stereocenters. The van der Waals surface area contributed by atoms with Crippen LogP contribution in [-0.2, 0) is 0 Å². The van der Waals surface area contributed by atoms with Crippen molar-refractivity contribution in [1.29, 1.82) is 0 Å². The topological polar surface area (TPSA) is 0 Å². The van der Waals surface area contributed by atoms with Gasteiger partial charge < -0.3 is 0 Å². The molecule has 0 bridgehead atoms. The van der Waals surface area contributed by atoms with E-state index in [4.69, 9.17) is 0 Å². The van der Waals surface area contributed by atoms with Crippen LogP contribution in [0.15, 0.2) is 0 Å². The number of hydrogen-bond acceptors (Lipinski definition) is 0. The van der Waals surface area contributed by atoms with Crippen molar-refractivity contribution in [1.82, 2.24) is 0 Å². The molecule has 0 heterocycles. The fraction of sp³-hybridized carbons (Fsp3) is 0. The van der Waals surface area contributed by atoms with Crippen LogP contribution in [0.4, 0.5) is 0 Å². The third kappa shape index (κ3) is 18.1.